The van der Waals surface area contributed by atoms with Gasteiger partial charge in [0.1, 0.15) is 18.1 Å². The van der Waals surface area contributed by atoms with Crippen LogP contribution in [0.3, 0.4) is 0 Å². The van der Waals surface area contributed by atoms with E-state index in [1.807, 2.05) is 0 Å². The van der Waals surface area contributed by atoms with Crippen LogP contribution >= 0.6 is 11.8 Å². The normalized spacial score (nSPS) is 13.9. The number of rotatable bonds is 17. The third-order valence-electron chi connectivity index (χ3n) is 5.15. The fraction of sp³-hybridized carbons (Fsp3) is 0.478. The molecule has 13 nitrogen and oxygen atoms in total. The molecule has 0 heterocycles. The van der Waals surface area contributed by atoms with Crippen LogP contribution < -0.4 is 21.7 Å². The van der Waals surface area contributed by atoms with E-state index in [1.54, 1.807) is 36.6 Å². The molecule has 0 saturated carbocycles. The first-order valence-corrected chi connectivity index (χ1v) is 12.7. The predicted molar refractivity (Wildman–Crippen MR) is 134 cm³/mol. The van der Waals surface area contributed by atoms with E-state index in [4.69, 9.17) is 10.8 Å². The minimum atomic E-state index is -1.68. The molecule has 0 aliphatic heterocycles. The van der Waals surface area contributed by atoms with Crippen molar-refractivity contribution in [2.45, 2.75) is 56.3 Å². The SMILES string of the molecule is CSCCC(NC(=O)C(CC(=O)O)NC(=O)C(CCC(=O)O)NC(=O)C(N)Cc1ccccc1)C(=O)O. The highest BCUT2D eigenvalue weighted by Crippen LogP contribution is 2.06. The van der Waals surface area contributed by atoms with Gasteiger partial charge in [0, 0.05) is 6.42 Å². The lowest BCUT2D eigenvalue weighted by Gasteiger charge is -2.24. The molecular formula is C23H32N4O9S. The van der Waals surface area contributed by atoms with Crippen molar-refractivity contribution in [2.75, 3.05) is 12.0 Å². The summed E-state index contributed by atoms with van der Waals surface area (Å²) in [5, 5.41) is 34.3. The molecule has 0 bridgehead atoms. The van der Waals surface area contributed by atoms with E-state index in [0.29, 0.717) is 5.75 Å². The number of benzene rings is 1. The second-order valence-corrected chi connectivity index (χ2v) is 9.12. The molecule has 37 heavy (non-hydrogen) atoms. The van der Waals surface area contributed by atoms with Crippen molar-refractivity contribution < 1.29 is 44.1 Å². The molecule has 0 saturated heterocycles. The third kappa shape index (κ3) is 12.2. The monoisotopic (exact) mass is 540 g/mol. The molecule has 1 rings (SSSR count). The maximum atomic E-state index is 12.9. The molecule has 14 heteroatoms. The van der Waals surface area contributed by atoms with Crippen LogP contribution in [-0.4, -0.2) is 87.1 Å². The summed E-state index contributed by atoms with van der Waals surface area (Å²) in [6.07, 6.45) is 0.184. The average Bonchev–Trinajstić information content (AvgIpc) is 2.83. The van der Waals surface area contributed by atoms with Crippen molar-refractivity contribution >= 4 is 47.4 Å². The number of nitrogens with one attached hydrogen (secondary N) is 3. The van der Waals surface area contributed by atoms with E-state index < -0.39 is 72.6 Å². The molecule has 0 spiro atoms. The molecule has 0 aliphatic rings. The first kappa shape index (κ1) is 31.4. The van der Waals surface area contributed by atoms with Gasteiger partial charge in [-0.3, -0.25) is 24.0 Å². The van der Waals surface area contributed by atoms with Gasteiger partial charge in [0.15, 0.2) is 0 Å². The molecule has 8 N–H and O–H groups in total. The topological polar surface area (TPSA) is 225 Å². The summed E-state index contributed by atoms with van der Waals surface area (Å²) < 4.78 is 0. The highest BCUT2D eigenvalue weighted by molar-refractivity contribution is 7.98. The number of carbonyl (C=O) groups is 6. The maximum Gasteiger partial charge on any atom is 0.326 e. The fourth-order valence-corrected chi connectivity index (χ4v) is 3.67. The molecule has 4 atom stereocenters. The Morgan fingerprint density at radius 3 is 1.92 bits per heavy atom. The van der Waals surface area contributed by atoms with Gasteiger partial charge in [-0.1, -0.05) is 30.3 Å². The number of hydrogen-bond donors (Lipinski definition) is 7. The first-order valence-electron chi connectivity index (χ1n) is 11.3. The van der Waals surface area contributed by atoms with Crippen molar-refractivity contribution in [3.05, 3.63) is 35.9 Å². The van der Waals surface area contributed by atoms with Gasteiger partial charge in [0.2, 0.25) is 17.7 Å². The number of carboxylic acid groups (broad SMARTS) is 3. The molecule has 3 amide bonds. The number of hydrogen-bond acceptors (Lipinski definition) is 8. The first-order chi connectivity index (χ1) is 17.4. The van der Waals surface area contributed by atoms with Crippen LogP contribution in [0, 0.1) is 0 Å². The van der Waals surface area contributed by atoms with Gasteiger partial charge >= 0.3 is 17.9 Å². The van der Waals surface area contributed by atoms with E-state index in [9.17, 15) is 39.0 Å². The summed E-state index contributed by atoms with van der Waals surface area (Å²) >= 11 is 1.35. The van der Waals surface area contributed by atoms with Crippen molar-refractivity contribution in [1.82, 2.24) is 16.0 Å². The number of thioether (sulfide) groups is 1. The molecule has 4 unspecified atom stereocenters. The highest BCUT2D eigenvalue weighted by Gasteiger charge is 2.31. The second kappa shape index (κ2) is 16.2. The lowest BCUT2D eigenvalue weighted by atomic mass is 10.0. The number of carboxylic acids is 3. The maximum absolute atomic E-state index is 12.9. The van der Waals surface area contributed by atoms with Gasteiger partial charge in [0.05, 0.1) is 12.5 Å². The summed E-state index contributed by atoms with van der Waals surface area (Å²) in [4.78, 5) is 72.0. The molecule has 204 valence electrons. The van der Waals surface area contributed by atoms with Crippen LogP contribution in [0.15, 0.2) is 30.3 Å². The molecule has 0 fully saturated rings. The Morgan fingerprint density at radius 1 is 0.811 bits per heavy atom. The van der Waals surface area contributed by atoms with Crippen LogP contribution in [0.2, 0.25) is 0 Å². The smallest absolute Gasteiger partial charge is 0.326 e. The van der Waals surface area contributed by atoms with Crippen molar-refractivity contribution in [1.29, 1.82) is 0 Å². The zero-order valence-electron chi connectivity index (χ0n) is 20.2. The fourth-order valence-electron chi connectivity index (χ4n) is 3.20. The summed E-state index contributed by atoms with van der Waals surface area (Å²) in [7, 11) is 0. The Labute approximate surface area is 217 Å². The second-order valence-electron chi connectivity index (χ2n) is 8.13. The minimum absolute atomic E-state index is 0.0621. The lowest BCUT2D eigenvalue weighted by Crippen LogP contribution is -2.57. The Kier molecular flexibility index (Phi) is 13.7. The largest absolute Gasteiger partial charge is 0.481 e. The Balaban J connectivity index is 2.98. The lowest BCUT2D eigenvalue weighted by molar-refractivity contribution is -0.143. The van der Waals surface area contributed by atoms with Gasteiger partial charge in [0.25, 0.3) is 0 Å². The predicted octanol–water partition coefficient (Wildman–Crippen LogP) is -0.812. The van der Waals surface area contributed by atoms with Gasteiger partial charge < -0.3 is 37.0 Å². The van der Waals surface area contributed by atoms with Gasteiger partial charge in [-0.2, -0.15) is 11.8 Å². The van der Waals surface area contributed by atoms with Crippen LogP contribution in [-0.2, 0) is 35.2 Å². The molecular weight excluding hydrogens is 508 g/mol. The number of carbonyl (C=O) groups excluding carboxylic acids is 3. The summed E-state index contributed by atoms with van der Waals surface area (Å²) in [6, 6.07) is 3.29. The van der Waals surface area contributed by atoms with Crippen LogP contribution in [0.5, 0.6) is 0 Å². The number of amides is 3. The van der Waals surface area contributed by atoms with E-state index in [-0.39, 0.29) is 19.3 Å². The summed E-state index contributed by atoms with van der Waals surface area (Å²) in [5.41, 5.74) is 6.69. The Morgan fingerprint density at radius 2 is 1.38 bits per heavy atom. The van der Waals surface area contributed by atoms with Gasteiger partial charge in [-0.05, 0) is 36.8 Å². The molecule has 1 aromatic rings. The van der Waals surface area contributed by atoms with E-state index in [1.165, 1.54) is 11.8 Å². The molecule has 0 radical (unpaired) electrons. The molecule has 0 aliphatic carbocycles. The standard InChI is InChI=1S/C23H32N4O9S/c1-37-10-9-16(23(35)36)26-22(34)17(12-19(30)31)27-21(33)15(7-8-18(28)29)25-20(32)14(24)11-13-5-3-2-4-6-13/h2-6,14-17H,7-12,24H2,1H3,(H,25,32)(H,26,34)(H,27,33)(H,28,29)(H,30,31)(H,35,36). The Bertz CT molecular complexity index is 961. The van der Waals surface area contributed by atoms with Crippen molar-refractivity contribution in [3.8, 4) is 0 Å². The zero-order chi connectivity index (χ0) is 28.0. The average molecular weight is 541 g/mol. The van der Waals surface area contributed by atoms with Gasteiger partial charge in [-0.15, -0.1) is 0 Å². The van der Waals surface area contributed by atoms with Crippen LogP contribution in [0.1, 0.15) is 31.2 Å². The summed E-state index contributed by atoms with van der Waals surface area (Å²) in [6.45, 7) is 0. The van der Waals surface area contributed by atoms with Crippen LogP contribution in [0.25, 0.3) is 0 Å². The minimum Gasteiger partial charge on any atom is -0.481 e. The number of aliphatic carboxylic acids is 3. The third-order valence-corrected chi connectivity index (χ3v) is 5.80. The summed E-state index contributed by atoms with van der Waals surface area (Å²) in [5.74, 6) is -6.45. The van der Waals surface area contributed by atoms with E-state index in [0.717, 1.165) is 5.56 Å². The van der Waals surface area contributed by atoms with E-state index in [2.05, 4.69) is 16.0 Å². The van der Waals surface area contributed by atoms with Crippen molar-refractivity contribution in [2.24, 2.45) is 5.73 Å². The highest BCUT2D eigenvalue weighted by atomic mass is 32.2. The van der Waals surface area contributed by atoms with Crippen LogP contribution in [0.4, 0.5) is 0 Å². The van der Waals surface area contributed by atoms with Crippen molar-refractivity contribution in [3.63, 3.8) is 0 Å². The number of nitrogens with two attached hydrogens (primary N) is 1. The Hall–Kier alpha value is -3.65. The van der Waals surface area contributed by atoms with Gasteiger partial charge in [-0.25, -0.2) is 4.79 Å². The molecule has 0 aromatic heterocycles. The molecule has 1 aromatic carbocycles. The van der Waals surface area contributed by atoms with E-state index >= 15 is 0 Å². The zero-order valence-corrected chi connectivity index (χ0v) is 21.0. The quantitative estimate of drug-likeness (QED) is 0.129.